The fraction of sp³-hybridized carbons (Fsp3) is 0.611. The summed E-state index contributed by atoms with van der Waals surface area (Å²) < 4.78 is 11.1. The van der Waals surface area contributed by atoms with Gasteiger partial charge in [-0.1, -0.05) is 12.1 Å². The first-order chi connectivity index (χ1) is 10.5. The molecule has 5 heteroatoms. The minimum Gasteiger partial charge on any atom is -0.488 e. The minimum atomic E-state index is -0.557. The van der Waals surface area contributed by atoms with E-state index in [0.29, 0.717) is 6.42 Å². The van der Waals surface area contributed by atoms with Gasteiger partial charge >= 0.3 is 6.09 Å². The summed E-state index contributed by atoms with van der Waals surface area (Å²) in [7, 11) is 0. The van der Waals surface area contributed by atoms with Gasteiger partial charge in [0.1, 0.15) is 17.0 Å². The minimum absolute atomic E-state index is 0.0271. The molecule has 0 saturated carbocycles. The van der Waals surface area contributed by atoms with Crippen LogP contribution in [0.3, 0.4) is 0 Å². The van der Waals surface area contributed by atoms with Gasteiger partial charge in [-0.3, -0.25) is 0 Å². The Kier molecular flexibility index (Phi) is 6.45. The summed E-state index contributed by atoms with van der Waals surface area (Å²) in [5, 5.41) is 12.0. The van der Waals surface area contributed by atoms with Crippen molar-refractivity contribution < 1.29 is 19.4 Å². The van der Waals surface area contributed by atoms with Crippen molar-refractivity contribution in [2.24, 2.45) is 0 Å². The highest BCUT2D eigenvalue weighted by Gasteiger charge is 2.20. The van der Waals surface area contributed by atoms with E-state index >= 15 is 0 Å². The van der Waals surface area contributed by atoms with Crippen LogP contribution in [0.15, 0.2) is 24.3 Å². The Hall–Kier alpha value is -1.75. The van der Waals surface area contributed by atoms with Crippen LogP contribution in [-0.2, 0) is 4.74 Å². The molecule has 1 aromatic rings. The van der Waals surface area contributed by atoms with Crippen molar-refractivity contribution in [3.05, 3.63) is 29.8 Å². The van der Waals surface area contributed by atoms with Crippen LogP contribution in [0, 0.1) is 0 Å². The molecule has 1 aromatic carbocycles. The third-order valence-corrected chi connectivity index (χ3v) is 2.82. The van der Waals surface area contributed by atoms with Gasteiger partial charge in [0.15, 0.2) is 0 Å². The molecule has 1 atom stereocenters. The van der Waals surface area contributed by atoms with E-state index in [0.717, 1.165) is 11.3 Å². The Labute approximate surface area is 139 Å². The lowest BCUT2D eigenvalue weighted by atomic mass is 10.0. The van der Waals surface area contributed by atoms with Crippen molar-refractivity contribution >= 4 is 6.09 Å². The third-order valence-electron chi connectivity index (χ3n) is 2.82. The van der Waals surface area contributed by atoms with Gasteiger partial charge < -0.3 is 19.9 Å². The summed E-state index contributed by atoms with van der Waals surface area (Å²) in [5.41, 5.74) is 0.0742. The molecule has 0 bridgehead atoms. The Morgan fingerprint density at radius 3 is 2.09 bits per heavy atom. The van der Waals surface area contributed by atoms with Gasteiger partial charge in [0.25, 0.3) is 0 Å². The first-order valence-electron chi connectivity index (χ1n) is 7.89. The quantitative estimate of drug-likeness (QED) is 0.864. The maximum absolute atomic E-state index is 11.9. The zero-order valence-corrected chi connectivity index (χ0v) is 15.0. The number of carbonyl (C=O) groups is 1. The molecule has 1 rings (SSSR count). The van der Waals surface area contributed by atoms with Crippen LogP contribution in [0.5, 0.6) is 5.75 Å². The molecule has 0 aliphatic rings. The molecule has 0 aliphatic carbocycles. The molecular formula is C18H29NO4. The molecule has 0 heterocycles. The number of rotatable bonds is 5. The second kappa shape index (κ2) is 7.68. The normalized spacial score (nSPS) is 13.3. The SMILES string of the molecule is CC(C)(C)OC(=O)N[C@@H](CCO)c1ccc(OC(C)(C)C)cc1. The Bertz CT molecular complexity index is 497. The van der Waals surface area contributed by atoms with E-state index in [-0.39, 0.29) is 18.2 Å². The molecule has 0 spiro atoms. The van der Waals surface area contributed by atoms with Crippen LogP contribution in [0.2, 0.25) is 0 Å². The molecule has 0 saturated heterocycles. The number of hydrogen-bond acceptors (Lipinski definition) is 4. The predicted molar refractivity (Wildman–Crippen MR) is 90.6 cm³/mol. The first-order valence-corrected chi connectivity index (χ1v) is 7.89. The zero-order valence-electron chi connectivity index (χ0n) is 15.0. The second-order valence-corrected chi connectivity index (χ2v) is 7.49. The summed E-state index contributed by atoms with van der Waals surface area (Å²) >= 11 is 0. The fourth-order valence-corrected chi connectivity index (χ4v) is 2.02. The van der Waals surface area contributed by atoms with Gasteiger partial charge in [0.2, 0.25) is 0 Å². The van der Waals surface area contributed by atoms with Crippen LogP contribution in [0.25, 0.3) is 0 Å². The lowest BCUT2D eigenvalue weighted by Crippen LogP contribution is -2.35. The number of benzene rings is 1. The number of ether oxygens (including phenoxy) is 2. The smallest absolute Gasteiger partial charge is 0.408 e. The van der Waals surface area contributed by atoms with Crippen molar-refractivity contribution in [1.82, 2.24) is 5.32 Å². The number of nitrogens with one attached hydrogen (secondary N) is 1. The Morgan fingerprint density at radius 1 is 1.09 bits per heavy atom. The van der Waals surface area contributed by atoms with Crippen molar-refractivity contribution in [1.29, 1.82) is 0 Å². The highest BCUT2D eigenvalue weighted by atomic mass is 16.6. The summed E-state index contributed by atoms with van der Waals surface area (Å²) in [4.78, 5) is 11.9. The first kappa shape index (κ1) is 19.3. The zero-order chi connectivity index (χ0) is 17.7. The van der Waals surface area contributed by atoms with E-state index in [9.17, 15) is 9.90 Å². The highest BCUT2D eigenvalue weighted by molar-refractivity contribution is 5.68. The Balaban J connectivity index is 2.79. The summed E-state index contributed by atoms with van der Waals surface area (Å²) in [6.45, 7) is 11.4. The summed E-state index contributed by atoms with van der Waals surface area (Å²) in [5.74, 6) is 0.765. The largest absolute Gasteiger partial charge is 0.488 e. The summed E-state index contributed by atoms with van der Waals surface area (Å²) in [6, 6.07) is 7.19. The van der Waals surface area contributed by atoms with E-state index in [1.807, 2.05) is 65.8 Å². The second-order valence-electron chi connectivity index (χ2n) is 7.49. The molecule has 2 N–H and O–H groups in total. The number of aliphatic hydroxyl groups is 1. The average molecular weight is 323 g/mol. The van der Waals surface area contributed by atoms with Crippen molar-refractivity contribution in [2.45, 2.75) is 65.2 Å². The molecule has 0 fully saturated rings. The maximum Gasteiger partial charge on any atom is 0.408 e. The van der Waals surface area contributed by atoms with Gasteiger partial charge in [0.05, 0.1) is 6.04 Å². The van der Waals surface area contributed by atoms with E-state index in [2.05, 4.69) is 5.32 Å². The van der Waals surface area contributed by atoms with Crippen LogP contribution < -0.4 is 10.1 Å². The monoisotopic (exact) mass is 323 g/mol. The van der Waals surface area contributed by atoms with E-state index in [4.69, 9.17) is 9.47 Å². The number of aliphatic hydroxyl groups excluding tert-OH is 1. The number of hydrogen-bond donors (Lipinski definition) is 2. The standard InChI is InChI=1S/C18H29NO4/c1-17(2,3)22-14-9-7-13(8-10-14)15(11-12-20)19-16(21)23-18(4,5)6/h7-10,15,20H,11-12H2,1-6H3,(H,19,21)/t15-/m0/s1. The lowest BCUT2D eigenvalue weighted by Gasteiger charge is -2.24. The topological polar surface area (TPSA) is 67.8 Å². The van der Waals surface area contributed by atoms with Crippen LogP contribution in [0.1, 0.15) is 59.6 Å². The van der Waals surface area contributed by atoms with Crippen molar-refractivity contribution in [3.8, 4) is 5.75 Å². The highest BCUT2D eigenvalue weighted by Crippen LogP contribution is 2.23. The van der Waals surface area contributed by atoms with E-state index in [1.165, 1.54) is 0 Å². The molecule has 0 aliphatic heterocycles. The van der Waals surface area contributed by atoms with Gasteiger partial charge in [-0.05, 0) is 65.7 Å². The molecule has 1 amide bonds. The maximum atomic E-state index is 11.9. The molecule has 0 radical (unpaired) electrons. The van der Waals surface area contributed by atoms with Crippen molar-refractivity contribution in [3.63, 3.8) is 0 Å². The van der Waals surface area contributed by atoms with Crippen molar-refractivity contribution in [2.75, 3.05) is 6.61 Å². The number of alkyl carbamates (subject to hydrolysis) is 1. The average Bonchev–Trinajstić information content (AvgIpc) is 2.35. The van der Waals surface area contributed by atoms with Crippen LogP contribution >= 0.6 is 0 Å². The van der Waals surface area contributed by atoms with Gasteiger partial charge in [-0.15, -0.1) is 0 Å². The molecule has 5 nitrogen and oxygen atoms in total. The lowest BCUT2D eigenvalue weighted by molar-refractivity contribution is 0.0496. The molecule has 0 unspecified atom stereocenters. The molecule has 0 aromatic heterocycles. The molecular weight excluding hydrogens is 294 g/mol. The van der Waals surface area contributed by atoms with Gasteiger partial charge in [-0.25, -0.2) is 4.79 Å². The van der Waals surface area contributed by atoms with E-state index in [1.54, 1.807) is 0 Å². The predicted octanol–water partition coefficient (Wildman–Crippen LogP) is 3.81. The number of amides is 1. The third kappa shape index (κ3) is 7.88. The van der Waals surface area contributed by atoms with E-state index < -0.39 is 11.7 Å². The van der Waals surface area contributed by atoms with Gasteiger partial charge in [-0.2, -0.15) is 0 Å². The molecule has 23 heavy (non-hydrogen) atoms. The summed E-state index contributed by atoms with van der Waals surface area (Å²) in [6.07, 6.45) is -0.0791. The molecule has 130 valence electrons. The van der Waals surface area contributed by atoms with Gasteiger partial charge in [0, 0.05) is 6.61 Å². The Morgan fingerprint density at radius 2 is 1.65 bits per heavy atom. The fourth-order valence-electron chi connectivity index (χ4n) is 2.02. The number of carbonyl (C=O) groups excluding carboxylic acids is 1. The van der Waals surface area contributed by atoms with Crippen LogP contribution in [0.4, 0.5) is 4.79 Å². The van der Waals surface area contributed by atoms with Crippen LogP contribution in [-0.4, -0.2) is 29.0 Å².